The molecule has 1 aromatic heterocycles. The minimum atomic E-state index is -0.268. The van der Waals surface area contributed by atoms with E-state index < -0.39 is 0 Å². The SMILES string of the molecule is O=C(c1cncn1Cc1ccc(F)cc1)N1CCN(C2CC2)c2ccccc21. The van der Waals surface area contributed by atoms with Crippen LogP contribution in [0.3, 0.4) is 0 Å². The minimum absolute atomic E-state index is 0.0532. The van der Waals surface area contributed by atoms with Crippen LogP contribution in [-0.4, -0.2) is 34.6 Å². The number of carbonyl (C=O) groups excluding carboxylic acids is 1. The lowest BCUT2D eigenvalue weighted by Crippen LogP contribution is -2.45. The summed E-state index contributed by atoms with van der Waals surface area (Å²) < 4.78 is 15.0. The molecular formula is C22H21FN4O. The number of halogens is 1. The lowest BCUT2D eigenvalue weighted by atomic mass is 10.1. The fourth-order valence-electron chi connectivity index (χ4n) is 3.91. The second-order valence-corrected chi connectivity index (χ2v) is 7.40. The standard InChI is InChI=1S/C22H21FN4O/c23-17-7-5-16(6-8-17)14-25-15-24-13-21(25)22(28)27-12-11-26(18-9-10-18)19-3-1-2-4-20(19)27/h1-8,13,15,18H,9-12,14H2. The molecule has 0 bridgehead atoms. The van der Waals surface area contributed by atoms with Gasteiger partial charge in [-0.25, -0.2) is 9.37 Å². The minimum Gasteiger partial charge on any atom is -0.365 e. The molecule has 5 nitrogen and oxygen atoms in total. The Kier molecular flexibility index (Phi) is 4.11. The van der Waals surface area contributed by atoms with Gasteiger partial charge in [-0.2, -0.15) is 0 Å². The molecule has 1 amide bonds. The molecule has 2 aliphatic rings. The summed E-state index contributed by atoms with van der Waals surface area (Å²) in [5.41, 5.74) is 3.56. The van der Waals surface area contributed by atoms with Gasteiger partial charge < -0.3 is 14.4 Å². The van der Waals surface area contributed by atoms with Crippen molar-refractivity contribution in [2.24, 2.45) is 0 Å². The second kappa shape index (κ2) is 6.78. The molecule has 2 aromatic carbocycles. The van der Waals surface area contributed by atoms with Gasteiger partial charge in [-0.1, -0.05) is 24.3 Å². The lowest BCUT2D eigenvalue weighted by molar-refractivity contribution is 0.0978. The first-order chi connectivity index (χ1) is 13.7. The van der Waals surface area contributed by atoms with Crippen LogP contribution in [0.25, 0.3) is 0 Å². The first-order valence-electron chi connectivity index (χ1n) is 9.63. The smallest absolute Gasteiger partial charge is 0.276 e. The molecule has 28 heavy (non-hydrogen) atoms. The molecule has 2 heterocycles. The zero-order valence-electron chi connectivity index (χ0n) is 15.5. The van der Waals surface area contributed by atoms with Crippen LogP contribution in [0.5, 0.6) is 0 Å². The number of benzene rings is 2. The van der Waals surface area contributed by atoms with E-state index in [9.17, 15) is 9.18 Å². The van der Waals surface area contributed by atoms with Gasteiger partial charge in [-0.05, 0) is 42.7 Å². The summed E-state index contributed by atoms with van der Waals surface area (Å²) in [6.45, 7) is 1.98. The number of carbonyl (C=O) groups is 1. The van der Waals surface area contributed by atoms with Crippen molar-refractivity contribution in [2.45, 2.75) is 25.4 Å². The highest BCUT2D eigenvalue weighted by Gasteiger charge is 2.36. The van der Waals surface area contributed by atoms with Gasteiger partial charge in [0.2, 0.25) is 0 Å². The molecule has 1 aliphatic carbocycles. The number of rotatable bonds is 4. The van der Waals surface area contributed by atoms with E-state index in [1.807, 2.05) is 27.7 Å². The Balaban J connectivity index is 1.43. The summed E-state index contributed by atoms with van der Waals surface area (Å²) in [6.07, 6.45) is 5.73. The van der Waals surface area contributed by atoms with Crippen molar-refractivity contribution in [2.75, 3.05) is 22.9 Å². The molecular weight excluding hydrogens is 355 g/mol. The topological polar surface area (TPSA) is 41.4 Å². The number of imidazole rings is 1. The molecule has 0 spiro atoms. The number of nitrogens with zero attached hydrogens (tertiary/aromatic N) is 4. The predicted octanol–water partition coefficient (Wildman–Crippen LogP) is 3.70. The van der Waals surface area contributed by atoms with Gasteiger partial charge in [0.05, 0.1) is 23.9 Å². The maximum Gasteiger partial charge on any atom is 0.276 e. The third-order valence-electron chi connectivity index (χ3n) is 5.48. The fraction of sp³-hybridized carbons (Fsp3) is 0.273. The molecule has 0 radical (unpaired) electrons. The predicted molar refractivity (Wildman–Crippen MR) is 106 cm³/mol. The monoisotopic (exact) mass is 376 g/mol. The van der Waals surface area contributed by atoms with Crippen molar-refractivity contribution in [3.63, 3.8) is 0 Å². The number of hydrogen-bond acceptors (Lipinski definition) is 3. The zero-order valence-corrected chi connectivity index (χ0v) is 15.5. The van der Waals surface area contributed by atoms with E-state index in [1.165, 1.54) is 25.0 Å². The van der Waals surface area contributed by atoms with E-state index in [0.717, 1.165) is 23.5 Å². The van der Waals surface area contributed by atoms with E-state index in [-0.39, 0.29) is 11.7 Å². The van der Waals surface area contributed by atoms with Crippen molar-refractivity contribution in [3.8, 4) is 0 Å². The van der Waals surface area contributed by atoms with Crippen LogP contribution < -0.4 is 9.80 Å². The maximum atomic E-state index is 13.4. The molecule has 5 rings (SSSR count). The van der Waals surface area contributed by atoms with Gasteiger partial charge in [-0.15, -0.1) is 0 Å². The number of amides is 1. The van der Waals surface area contributed by atoms with Crippen LogP contribution in [-0.2, 0) is 6.54 Å². The Morgan fingerprint density at radius 1 is 1.04 bits per heavy atom. The molecule has 0 unspecified atom stereocenters. The fourth-order valence-corrected chi connectivity index (χ4v) is 3.91. The summed E-state index contributed by atoms with van der Waals surface area (Å²) in [5.74, 6) is -0.321. The van der Waals surface area contributed by atoms with Crippen LogP contribution in [0.2, 0.25) is 0 Å². The van der Waals surface area contributed by atoms with Gasteiger partial charge in [0.15, 0.2) is 0 Å². The first kappa shape index (κ1) is 17.0. The molecule has 142 valence electrons. The average molecular weight is 376 g/mol. The average Bonchev–Trinajstić information content (AvgIpc) is 3.47. The normalized spacial score (nSPS) is 16.2. The van der Waals surface area contributed by atoms with Crippen molar-refractivity contribution < 1.29 is 9.18 Å². The Bertz CT molecular complexity index is 1010. The number of fused-ring (bicyclic) bond motifs is 1. The quantitative estimate of drug-likeness (QED) is 0.697. The van der Waals surface area contributed by atoms with E-state index in [2.05, 4.69) is 16.0 Å². The molecule has 6 heteroatoms. The van der Waals surface area contributed by atoms with Crippen LogP contribution in [0.1, 0.15) is 28.9 Å². The molecule has 0 N–H and O–H groups in total. The lowest BCUT2D eigenvalue weighted by Gasteiger charge is -2.38. The Morgan fingerprint density at radius 2 is 1.79 bits per heavy atom. The van der Waals surface area contributed by atoms with Crippen molar-refractivity contribution in [3.05, 3.63) is 78.1 Å². The number of anilines is 2. The van der Waals surface area contributed by atoms with E-state index in [0.29, 0.717) is 24.8 Å². The molecule has 1 saturated carbocycles. The van der Waals surface area contributed by atoms with Gasteiger partial charge >= 0.3 is 0 Å². The molecule has 0 saturated heterocycles. The van der Waals surface area contributed by atoms with Crippen molar-refractivity contribution >= 4 is 17.3 Å². The molecule has 1 fully saturated rings. The summed E-state index contributed by atoms with van der Waals surface area (Å²) in [6, 6.07) is 15.1. The summed E-state index contributed by atoms with van der Waals surface area (Å²) in [7, 11) is 0. The van der Waals surface area contributed by atoms with Crippen LogP contribution in [0, 0.1) is 5.82 Å². The number of para-hydroxylation sites is 2. The number of hydrogen-bond donors (Lipinski definition) is 0. The van der Waals surface area contributed by atoms with Gasteiger partial charge in [-0.3, -0.25) is 4.79 Å². The van der Waals surface area contributed by atoms with E-state index >= 15 is 0 Å². The summed E-state index contributed by atoms with van der Waals surface area (Å²) >= 11 is 0. The van der Waals surface area contributed by atoms with Crippen molar-refractivity contribution in [1.29, 1.82) is 0 Å². The largest absolute Gasteiger partial charge is 0.365 e. The van der Waals surface area contributed by atoms with E-state index in [1.54, 1.807) is 24.7 Å². The molecule has 1 aliphatic heterocycles. The Morgan fingerprint density at radius 3 is 2.54 bits per heavy atom. The van der Waals surface area contributed by atoms with Gasteiger partial charge in [0.25, 0.3) is 5.91 Å². The number of aromatic nitrogens is 2. The highest BCUT2D eigenvalue weighted by Crippen LogP contribution is 2.40. The Labute approximate surface area is 163 Å². The van der Waals surface area contributed by atoms with Crippen LogP contribution >= 0.6 is 0 Å². The van der Waals surface area contributed by atoms with Crippen LogP contribution in [0.4, 0.5) is 15.8 Å². The Hall–Kier alpha value is -3.15. The highest BCUT2D eigenvalue weighted by atomic mass is 19.1. The van der Waals surface area contributed by atoms with Crippen LogP contribution in [0.15, 0.2) is 61.1 Å². The van der Waals surface area contributed by atoms with Gasteiger partial charge in [0, 0.05) is 25.7 Å². The zero-order chi connectivity index (χ0) is 19.1. The van der Waals surface area contributed by atoms with E-state index in [4.69, 9.17) is 0 Å². The maximum absolute atomic E-state index is 13.4. The molecule has 3 aromatic rings. The first-order valence-corrected chi connectivity index (χ1v) is 9.63. The highest BCUT2D eigenvalue weighted by molar-refractivity contribution is 6.07. The third kappa shape index (κ3) is 3.05. The second-order valence-electron chi connectivity index (χ2n) is 7.40. The summed E-state index contributed by atoms with van der Waals surface area (Å²) in [4.78, 5) is 21.8. The van der Waals surface area contributed by atoms with Crippen molar-refractivity contribution in [1.82, 2.24) is 9.55 Å². The third-order valence-corrected chi connectivity index (χ3v) is 5.48. The summed E-state index contributed by atoms with van der Waals surface area (Å²) in [5, 5.41) is 0. The molecule has 0 atom stereocenters. The van der Waals surface area contributed by atoms with Gasteiger partial charge in [0.1, 0.15) is 11.5 Å².